The fourth-order valence-electron chi connectivity index (χ4n) is 2.37. The molecule has 1 atom stereocenters. The number of anilines is 2. The van der Waals surface area contributed by atoms with E-state index in [0.29, 0.717) is 21.9 Å². The molecule has 2 rings (SSSR count). The third kappa shape index (κ3) is 6.16. The number of amides is 2. The Hall–Kier alpha value is -2.22. The van der Waals surface area contributed by atoms with E-state index in [2.05, 4.69) is 10.6 Å². The molecule has 0 aliphatic heterocycles. The topological polar surface area (TPSA) is 81.7 Å². The van der Waals surface area contributed by atoms with E-state index >= 15 is 0 Å². The highest BCUT2D eigenvalue weighted by atomic mass is 35.5. The molecule has 1 aliphatic rings. The standard InChI is InChI=1S/C19H22ClN3O3S/c1-12(24)23(2)15-6-4-14(5-7-15)21-10-16(25)11-22-19(26)17-9-13(20)3-8-18(17)27/h3-7,9,16,21,25H,8,10-11H2,1-2H3,(H,22,26). The molecule has 1 aromatic rings. The second-order valence-corrected chi connectivity index (χ2v) is 7.07. The number of aliphatic hydroxyl groups is 1. The Morgan fingerprint density at radius 2 is 1.96 bits per heavy atom. The highest BCUT2D eigenvalue weighted by molar-refractivity contribution is 7.81. The lowest BCUT2D eigenvalue weighted by Crippen LogP contribution is -2.37. The Morgan fingerprint density at radius 1 is 1.30 bits per heavy atom. The number of aliphatic hydroxyl groups excluding tert-OH is 1. The van der Waals surface area contributed by atoms with Crippen molar-refractivity contribution in [3.05, 3.63) is 47.0 Å². The minimum Gasteiger partial charge on any atom is -0.389 e. The number of nitrogens with one attached hydrogen (secondary N) is 2. The summed E-state index contributed by atoms with van der Waals surface area (Å²) < 4.78 is 0. The van der Waals surface area contributed by atoms with Crippen LogP contribution in [0.15, 0.2) is 47.0 Å². The molecular weight excluding hydrogens is 386 g/mol. The number of carbonyl (C=O) groups is 2. The highest BCUT2D eigenvalue weighted by Crippen LogP contribution is 2.19. The summed E-state index contributed by atoms with van der Waals surface area (Å²) in [5.74, 6) is -0.395. The first-order valence-electron chi connectivity index (χ1n) is 8.43. The fraction of sp³-hybridized carbons (Fsp3) is 0.316. The summed E-state index contributed by atoms with van der Waals surface area (Å²) in [7, 11) is 1.70. The quantitative estimate of drug-likeness (QED) is 0.604. The van der Waals surface area contributed by atoms with Crippen molar-refractivity contribution in [2.75, 3.05) is 30.4 Å². The van der Waals surface area contributed by atoms with Crippen LogP contribution in [0, 0.1) is 0 Å². The van der Waals surface area contributed by atoms with Crippen molar-refractivity contribution in [3.63, 3.8) is 0 Å². The predicted molar refractivity (Wildman–Crippen MR) is 112 cm³/mol. The maximum absolute atomic E-state index is 12.2. The molecule has 1 unspecified atom stereocenters. The average molecular weight is 408 g/mol. The third-order valence-electron chi connectivity index (χ3n) is 4.08. The van der Waals surface area contributed by atoms with Gasteiger partial charge in [0.15, 0.2) is 0 Å². The Kier molecular flexibility index (Phi) is 7.53. The zero-order valence-electron chi connectivity index (χ0n) is 15.2. The van der Waals surface area contributed by atoms with Crippen molar-refractivity contribution in [3.8, 4) is 0 Å². The van der Waals surface area contributed by atoms with Crippen LogP contribution >= 0.6 is 23.8 Å². The van der Waals surface area contributed by atoms with Gasteiger partial charge in [-0.05, 0) is 30.3 Å². The maximum Gasteiger partial charge on any atom is 0.252 e. The molecule has 27 heavy (non-hydrogen) atoms. The number of halogens is 1. The number of allylic oxidation sites excluding steroid dienone is 3. The summed E-state index contributed by atoms with van der Waals surface area (Å²) in [6, 6.07) is 7.26. The van der Waals surface area contributed by atoms with E-state index in [4.69, 9.17) is 23.8 Å². The molecule has 2 amide bonds. The van der Waals surface area contributed by atoms with Crippen LogP contribution in [0.2, 0.25) is 0 Å². The summed E-state index contributed by atoms with van der Waals surface area (Å²) in [5.41, 5.74) is 1.95. The Bertz CT molecular complexity index is 790. The molecule has 3 N–H and O–H groups in total. The van der Waals surface area contributed by atoms with E-state index < -0.39 is 6.10 Å². The smallest absolute Gasteiger partial charge is 0.252 e. The molecule has 0 fully saturated rings. The Balaban J connectivity index is 1.80. The molecule has 0 spiro atoms. The molecule has 0 saturated carbocycles. The first-order valence-corrected chi connectivity index (χ1v) is 9.21. The number of benzene rings is 1. The normalized spacial score (nSPS) is 14.7. The monoisotopic (exact) mass is 407 g/mol. The van der Waals surface area contributed by atoms with Crippen molar-refractivity contribution < 1.29 is 14.7 Å². The van der Waals surface area contributed by atoms with Crippen molar-refractivity contribution >= 4 is 51.9 Å². The minimum atomic E-state index is -0.780. The number of nitrogens with zero attached hydrogens (tertiary/aromatic N) is 1. The summed E-state index contributed by atoms with van der Waals surface area (Å²) >= 11 is 11.1. The molecule has 0 aromatic heterocycles. The average Bonchev–Trinajstić information content (AvgIpc) is 2.66. The second-order valence-electron chi connectivity index (χ2n) is 6.14. The lowest BCUT2D eigenvalue weighted by Gasteiger charge is -2.17. The Morgan fingerprint density at radius 3 is 2.59 bits per heavy atom. The van der Waals surface area contributed by atoms with Gasteiger partial charge in [-0.2, -0.15) is 0 Å². The van der Waals surface area contributed by atoms with Gasteiger partial charge in [-0.15, -0.1) is 0 Å². The van der Waals surface area contributed by atoms with Gasteiger partial charge < -0.3 is 20.6 Å². The predicted octanol–water partition coefficient (Wildman–Crippen LogP) is 2.38. The lowest BCUT2D eigenvalue weighted by molar-refractivity contribution is -0.117. The number of thiocarbonyl (C=S) groups is 1. The first-order chi connectivity index (χ1) is 12.8. The van der Waals surface area contributed by atoms with E-state index in [1.807, 2.05) is 24.3 Å². The van der Waals surface area contributed by atoms with E-state index in [1.165, 1.54) is 13.0 Å². The summed E-state index contributed by atoms with van der Waals surface area (Å²) in [4.78, 5) is 25.6. The van der Waals surface area contributed by atoms with Crippen LogP contribution in [-0.2, 0) is 9.59 Å². The van der Waals surface area contributed by atoms with Gasteiger partial charge in [0.2, 0.25) is 5.91 Å². The van der Waals surface area contributed by atoms with Crippen molar-refractivity contribution in [1.29, 1.82) is 0 Å². The van der Waals surface area contributed by atoms with Gasteiger partial charge in [-0.1, -0.05) is 29.9 Å². The number of carbonyl (C=O) groups excluding carboxylic acids is 2. The summed E-state index contributed by atoms with van der Waals surface area (Å²) in [6.07, 6.45) is 2.97. The number of hydrogen-bond acceptors (Lipinski definition) is 5. The van der Waals surface area contributed by atoms with Crippen LogP contribution in [0.5, 0.6) is 0 Å². The first kappa shape index (κ1) is 21.1. The molecule has 0 bridgehead atoms. The summed E-state index contributed by atoms with van der Waals surface area (Å²) in [5, 5.41) is 16.3. The largest absolute Gasteiger partial charge is 0.389 e. The van der Waals surface area contributed by atoms with Crippen molar-refractivity contribution in [2.24, 2.45) is 0 Å². The van der Waals surface area contributed by atoms with Gasteiger partial charge in [-0.3, -0.25) is 9.59 Å². The van der Waals surface area contributed by atoms with Gasteiger partial charge in [0, 0.05) is 54.8 Å². The van der Waals surface area contributed by atoms with Crippen LogP contribution in [0.25, 0.3) is 0 Å². The van der Waals surface area contributed by atoms with Gasteiger partial charge in [0.05, 0.1) is 11.7 Å². The van der Waals surface area contributed by atoms with Crippen molar-refractivity contribution in [1.82, 2.24) is 5.32 Å². The molecule has 8 heteroatoms. The summed E-state index contributed by atoms with van der Waals surface area (Å²) in [6.45, 7) is 1.84. The molecule has 0 heterocycles. The molecule has 144 valence electrons. The molecule has 6 nitrogen and oxygen atoms in total. The van der Waals surface area contributed by atoms with Crippen LogP contribution in [0.4, 0.5) is 11.4 Å². The zero-order chi connectivity index (χ0) is 20.0. The van der Waals surface area contributed by atoms with Crippen LogP contribution in [0.3, 0.4) is 0 Å². The van der Waals surface area contributed by atoms with Crippen LogP contribution in [0.1, 0.15) is 13.3 Å². The second kappa shape index (κ2) is 9.64. The van der Waals surface area contributed by atoms with E-state index in [0.717, 1.165) is 11.4 Å². The highest BCUT2D eigenvalue weighted by Gasteiger charge is 2.18. The minimum absolute atomic E-state index is 0.0498. The van der Waals surface area contributed by atoms with Crippen molar-refractivity contribution in [2.45, 2.75) is 19.4 Å². The molecule has 0 radical (unpaired) electrons. The third-order valence-corrected chi connectivity index (χ3v) is 4.73. The van der Waals surface area contributed by atoms with E-state index in [9.17, 15) is 14.7 Å². The maximum atomic E-state index is 12.2. The number of hydrogen-bond donors (Lipinski definition) is 3. The van der Waals surface area contributed by atoms with Gasteiger partial charge in [0.1, 0.15) is 0 Å². The van der Waals surface area contributed by atoms with Gasteiger partial charge in [0.25, 0.3) is 5.91 Å². The molecule has 1 aromatic carbocycles. The SMILES string of the molecule is CC(=O)N(C)c1ccc(NCC(O)CNC(=O)C2=CC(Cl)=CCC2=S)cc1. The fourth-order valence-corrected chi connectivity index (χ4v) is 2.79. The molecule has 1 aliphatic carbocycles. The van der Waals surface area contributed by atoms with Crippen LogP contribution < -0.4 is 15.5 Å². The number of rotatable bonds is 7. The molecule has 0 saturated heterocycles. The lowest BCUT2D eigenvalue weighted by atomic mass is 10.0. The zero-order valence-corrected chi connectivity index (χ0v) is 16.7. The van der Waals surface area contributed by atoms with E-state index in [1.54, 1.807) is 18.0 Å². The molecular formula is C19H22ClN3O3S. The Labute approximate surface area is 168 Å². The van der Waals surface area contributed by atoms with Gasteiger partial charge >= 0.3 is 0 Å². The van der Waals surface area contributed by atoms with Gasteiger partial charge in [-0.25, -0.2) is 0 Å². The van der Waals surface area contributed by atoms with Crippen LogP contribution in [-0.4, -0.2) is 48.0 Å². The van der Waals surface area contributed by atoms with E-state index in [-0.39, 0.29) is 24.9 Å².